The maximum atomic E-state index is 11.0. The topological polar surface area (TPSA) is 67.2 Å². The Morgan fingerprint density at radius 3 is 2.67 bits per heavy atom. The zero-order valence-electron chi connectivity index (χ0n) is 7.01. The Hall–Kier alpha value is -0.320. The Balaban J connectivity index is 0.00000121. The molecule has 0 radical (unpaired) electrons. The summed E-state index contributed by atoms with van der Waals surface area (Å²) in [7, 11) is 0. The average molecular weight is 194 g/mol. The summed E-state index contributed by atoms with van der Waals surface area (Å²) in [6.45, 7) is 2.42. The average Bonchev–Trinajstić information content (AvgIpc) is 1.93. The zero-order valence-corrected chi connectivity index (χ0v) is 7.82. The van der Waals surface area contributed by atoms with E-state index in [0.29, 0.717) is 19.0 Å². The molecule has 4 nitrogen and oxygen atoms in total. The monoisotopic (exact) mass is 193 g/mol. The number of nitrogens with two attached hydrogens (primary N) is 1. The molecule has 0 bridgehead atoms. The third kappa shape index (κ3) is 3.90. The van der Waals surface area contributed by atoms with E-state index in [0.717, 1.165) is 19.5 Å². The van der Waals surface area contributed by atoms with Crippen molar-refractivity contribution < 1.29 is 4.79 Å². The Morgan fingerprint density at radius 2 is 2.25 bits per heavy atom. The van der Waals surface area contributed by atoms with Crippen LogP contribution in [0.2, 0.25) is 0 Å². The quantitative estimate of drug-likeness (QED) is 0.550. The summed E-state index contributed by atoms with van der Waals surface area (Å²) < 4.78 is 0. The predicted molar refractivity (Wildman–Crippen MR) is 50.3 cm³/mol. The Morgan fingerprint density at radius 1 is 1.58 bits per heavy atom. The van der Waals surface area contributed by atoms with Gasteiger partial charge < -0.3 is 16.4 Å². The normalized spacial score (nSPS) is 16.1. The van der Waals surface area contributed by atoms with Crippen molar-refractivity contribution in [2.45, 2.75) is 18.9 Å². The van der Waals surface area contributed by atoms with E-state index in [1.807, 2.05) is 0 Å². The molecule has 1 amide bonds. The summed E-state index contributed by atoms with van der Waals surface area (Å²) in [5.74, 6) is 0.127. The van der Waals surface area contributed by atoms with Crippen molar-refractivity contribution in [3.8, 4) is 0 Å². The van der Waals surface area contributed by atoms with Crippen LogP contribution in [-0.4, -0.2) is 31.6 Å². The first kappa shape index (κ1) is 11.7. The molecule has 5 heteroatoms. The fourth-order valence-corrected chi connectivity index (χ4v) is 0.953. The van der Waals surface area contributed by atoms with Crippen molar-refractivity contribution in [2.75, 3.05) is 19.6 Å². The predicted octanol–water partition coefficient (Wildman–Crippen LogP) is -0.765. The van der Waals surface area contributed by atoms with Gasteiger partial charge in [-0.3, -0.25) is 4.79 Å². The number of amides is 1. The number of rotatable bonds is 4. The molecule has 1 heterocycles. The summed E-state index contributed by atoms with van der Waals surface area (Å²) in [5.41, 5.74) is 5.26. The van der Waals surface area contributed by atoms with Crippen LogP contribution in [0.1, 0.15) is 12.8 Å². The van der Waals surface area contributed by atoms with Gasteiger partial charge in [0.05, 0.1) is 6.04 Å². The van der Waals surface area contributed by atoms with Crippen LogP contribution in [0.3, 0.4) is 0 Å². The number of hydrogen-bond acceptors (Lipinski definition) is 3. The molecule has 1 rings (SSSR count). The van der Waals surface area contributed by atoms with Gasteiger partial charge in [0.1, 0.15) is 0 Å². The molecular weight excluding hydrogens is 178 g/mol. The molecule has 72 valence electrons. The van der Waals surface area contributed by atoms with Gasteiger partial charge in [0.15, 0.2) is 0 Å². The molecule has 1 saturated heterocycles. The van der Waals surface area contributed by atoms with Crippen LogP contribution in [0.5, 0.6) is 0 Å². The fourth-order valence-electron chi connectivity index (χ4n) is 0.953. The van der Waals surface area contributed by atoms with Crippen molar-refractivity contribution in [1.29, 1.82) is 0 Å². The summed E-state index contributed by atoms with van der Waals surface area (Å²) in [5, 5.41) is 5.98. The fraction of sp³-hybridized carbons (Fsp3) is 0.857. The third-order valence-corrected chi connectivity index (χ3v) is 1.75. The standard InChI is InChI=1S/C7H15N3O.ClH/c8-3-1-2-7(11)10-6-4-9-5-6;/h6,9H,1-5,8H2,(H,10,11);1H. The van der Waals surface area contributed by atoms with Crippen LogP contribution in [0.15, 0.2) is 0 Å². The molecule has 4 N–H and O–H groups in total. The molecule has 0 unspecified atom stereocenters. The van der Waals surface area contributed by atoms with Gasteiger partial charge in [-0.25, -0.2) is 0 Å². The first-order chi connectivity index (χ1) is 5.33. The van der Waals surface area contributed by atoms with Gasteiger partial charge >= 0.3 is 0 Å². The molecule has 0 atom stereocenters. The van der Waals surface area contributed by atoms with E-state index < -0.39 is 0 Å². The highest BCUT2D eigenvalue weighted by atomic mass is 35.5. The first-order valence-corrected chi connectivity index (χ1v) is 4.03. The lowest BCUT2D eigenvalue weighted by Crippen LogP contribution is -2.56. The molecule has 1 fully saturated rings. The van der Waals surface area contributed by atoms with Crippen LogP contribution < -0.4 is 16.4 Å². The second kappa shape index (κ2) is 6.22. The lowest BCUT2D eigenvalue weighted by molar-refractivity contribution is -0.122. The summed E-state index contributed by atoms with van der Waals surface area (Å²) in [6, 6.07) is 0.361. The van der Waals surface area contributed by atoms with E-state index in [1.54, 1.807) is 0 Å². The minimum atomic E-state index is 0. The van der Waals surface area contributed by atoms with Crippen molar-refractivity contribution in [3.63, 3.8) is 0 Å². The van der Waals surface area contributed by atoms with E-state index in [-0.39, 0.29) is 18.3 Å². The number of hydrogen-bond donors (Lipinski definition) is 3. The molecule has 0 spiro atoms. The van der Waals surface area contributed by atoms with E-state index in [2.05, 4.69) is 10.6 Å². The summed E-state index contributed by atoms with van der Waals surface area (Å²) in [6.07, 6.45) is 1.35. The smallest absolute Gasteiger partial charge is 0.220 e. The minimum Gasteiger partial charge on any atom is -0.351 e. The first-order valence-electron chi connectivity index (χ1n) is 4.03. The number of nitrogens with one attached hydrogen (secondary N) is 2. The molecule has 1 aliphatic rings. The Kier molecular flexibility index (Phi) is 6.06. The van der Waals surface area contributed by atoms with Gasteiger partial charge in [-0.1, -0.05) is 0 Å². The SMILES string of the molecule is Cl.NCCCC(=O)NC1CNC1. The van der Waals surface area contributed by atoms with E-state index in [4.69, 9.17) is 5.73 Å². The summed E-state index contributed by atoms with van der Waals surface area (Å²) >= 11 is 0. The number of carbonyl (C=O) groups is 1. The Bertz CT molecular complexity index is 139. The van der Waals surface area contributed by atoms with Crippen molar-refractivity contribution in [3.05, 3.63) is 0 Å². The second-order valence-corrected chi connectivity index (χ2v) is 2.81. The summed E-state index contributed by atoms with van der Waals surface area (Å²) in [4.78, 5) is 11.0. The number of carbonyl (C=O) groups excluding carboxylic acids is 1. The lowest BCUT2D eigenvalue weighted by Gasteiger charge is -2.27. The highest BCUT2D eigenvalue weighted by molar-refractivity contribution is 5.85. The molecule has 1 aliphatic heterocycles. The molecule has 0 aromatic heterocycles. The maximum absolute atomic E-state index is 11.0. The van der Waals surface area contributed by atoms with Crippen LogP contribution in [0, 0.1) is 0 Å². The second-order valence-electron chi connectivity index (χ2n) is 2.81. The maximum Gasteiger partial charge on any atom is 0.220 e. The molecule has 12 heavy (non-hydrogen) atoms. The van der Waals surface area contributed by atoms with Crippen LogP contribution >= 0.6 is 12.4 Å². The van der Waals surface area contributed by atoms with Crippen LogP contribution in [0.4, 0.5) is 0 Å². The van der Waals surface area contributed by atoms with Gasteiger partial charge in [0.2, 0.25) is 5.91 Å². The largest absolute Gasteiger partial charge is 0.351 e. The molecule has 0 saturated carbocycles. The van der Waals surface area contributed by atoms with Crippen molar-refractivity contribution in [1.82, 2.24) is 10.6 Å². The van der Waals surface area contributed by atoms with Crippen LogP contribution in [-0.2, 0) is 4.79 Å². The highest BCUT2D eigenvalue weighted by Gasteiger charge is 2.17. The van der Waals surface area contributed by atoms with E-state index in [1.165, 1.54) is 0 Å². The van der Waals surface area contributed by atoms with Gasteiger partial charge in [-0.2, -0.15) is 0 Å². The van der Waals surface area contributed by atoms with Crippen molar-refractivity contribution in [2.24, 2.45) is 5.73 Å². The number of halogens is 1. The van der Waals surface area contributed by atoms with Gasteiger partial charge in [0, 0.05) is 19.5 Å². The molecule has 0 aromatic rings. The van der Waals surface area contributed by atoms with Gasteiger partial charge in [0.25, 0.3) is 0 Å². The van der Waals surface area contributed by atoms with E-state index >= 15 is 0 Å². The third-order valence-electron chi connectivity index (χ3n) is 1.75. The minimum absolute atomic E-state index is 0. The Labute approximate surface area is 78.7 Å². The highest BCUT2D eigenvalue weighted by Crippen LogP contribution is 1.93. The lowest BCUT2D eigenvalue weighted by atomic mass is 10.1. The molecular formula is C7H16ClN3O. The molecule has 0 aliphatic carbocycles. The van der Waals surface area contributed by atoms with Crippen molar-refractivity contribution >= 4 is 18.3 Å². The van der Waals surface area contributed by atoms with Gasteiger partial charge in [-0.15, -0.1) is 12.4 Å². The zero-order chi connectivity index (χ0) is 8.10. The van der Waals surface area contributed by atoms with Gasteiger partial charge in [-0.05, 0) is 13.0 Å². The van der Waals surface area contributed by atoms with E-state index in [9.17, 15) is 4.79 Å². The van der Waals surface area contributed by atoms with Crippen LogP contribution in [0.25, 0.3) is 0 Å². The molecule has 0 aromatic carbocycles.